The highest BCUT2D eigenvalue weighted by Gasteiger charge is 2.15. The predicted molar refractivity (Wildman–Crippen MR) is 127 cm³/mol. The lowest BCUT2D eigenvalue weighted by Gasteiger charge is -2.26. The van der Waals surface area contributed by atoms with Gasteiger partial charge < -0.3 is 19.3 Å². The van der Waals surface area contributed by atoms with E-state index in [1.165, 1.54) is 24.8 Å². The monoisotopic (exact) mass is 449 g/mol. The molecule has 33 heavy (non-hydrogen) atoms. The number of aromatic nitrogens is 1. The quantitative estimate of drug-likeness (QED) is 0.515. The zero-order valence-corrected chi connectivity index (χ0v) is 19.5. The van der Waals surface area contributed by atoms with Crippen LogP contribution in [-0.2, 0) is 13.2 Å². The Morgan fingerprint density at radius 3 is 2.64 bits per heavy atom. The second kappa shape index (κ2) is 10.5. The van der Waals surface area contributed by atoms with Crippen LogP contribution in [0.25, 0.3) is 0 Å². The number of benzene rings is 2. The molecule has 2 aromatic carbocycles. The Morgan fingerprint density at radius 2 is 1.91 bits per heavy atom. The van der Waals surface area contributed by atoms with Crippen LogP contribution in [0.15, 0.2) is 47.0 Å². The summed E-state index contributed by atoms with van der Waals surface area (Å²) in [5, 5.41) is 6.95. The number of aryl methyl sites for hydroxylation is 2. The first-order valence-corrected chi connectivity index (χ1v) is 11.4. The van der Waals surface area contributed by atoms with Gasteiger partial charge in [-0.25, -0.2) is 0 Å². The van der Waals surface area contributed by atoms with Crippen LogP contribution in [0.4, 0.5) is 5.69 Å². The summed E-state index contributed by atoms with van der Waals surface area (Å²) in [6.45, 7) is 7.23. The minimum Gasteiger partial charge on any atom is -0.493 e. The maximum Gasteiger partial charge on any atom is 0.255 e. The first kappa shape index (κ1) is 22.9. The first-order chi connectivity index (χ1) is 16.0. The van der Waals surface area contributed by atoms with Gasteiger partial charge in [0.2, 0.25) is 0 Å². The smallest absolute Gasteiger partial charge is 0.255 e. The molecule has 0 spiro atoms. The molecule has 2 heterocycles. The minimum absolute atomic E-state index is 0.194. The van der Waals surface area contributed by atoms with Gasteiger partial charge in [-0.2, -0.15) is 0 Å². The summed E-state index contributed by atoms with van der Waals surface area (Å²) in [5.41, 5.74) is 4.19. The van der Waals surface area contributed by atoms with Gasteiger partial charge in [-0.1, -0.05) is 23.7 Å². The molecular weight excluding hydrogens is 418 g/mol. The van der Waals surface area contributed by atoms with Crippen LogP contribution in [0, 0.1) is 13.8 Å². The van der Waals surface area contributed by atoms with Gasteiger partial charge in [-0.15, -0.1) is 0 Å². The molecule has 0 radical (unpaired) electrons. The van der Waals surface area contributed by atoms with Crippen molar-refractivity contribution in [3.63, 3.8) is 0 Å². The van der Waals surface area contributed by atoms with E-state index in [1.54, 1.807) is 25.3 Å². The molecule has 7 heteroatoms. The van der Waals surface area contributed by atoms with Crippen LogP contribution < -0.4 is 14.8 Å². The van der Waals surface area contributed by atoms with E-state index in [4.69, 9.17) is 14.0 Å². The predicted octanol–water partition coefficient (Wildman–Crippen LogP) is 5.12. The maximum absolute atomic E-state index is 12.9. The molecule has 0 unspecified atom stereocenters. The molecule has 1 fully saturated rings. The van der Waals surface area contributed by atoms with Gasteiger partial charge in [0.1, 0.15) is 12.4 Å². The lowest BCUT2D eigenvalue weighted by molar-refractivity contribution is 0.102. The number of carbonyl (C=O) groups excluding carboxylic acids is 1. The average Bonchev–Trinajstić information content (AvgIpc) is 3.15. The Bertz CT molecular complexity index is 1080. The number of anilines is 1. The topological polar surface area (TPSA) is 76.8 Å². The van der Waals surface area contributed by atoms with Crippen molar-refractivity contribution in [2.75, 3.05) is 25.5 Å². The molecule has 1 saturated heterocycles. The zero-order valence-electron chi connectivity index (χ0n) is 19.5. The number of likely N-dealkylation sites (tertiary alicyclic amines) is 1. The molecule has 1 N–H and O–H groups in total. The number of methoxy groups -OCH3 is 1. The SMILES string of the molecule is COc1cc(C(=O)Nc2cccc(CN3CCCCC3)c2)ccc1OCc1c(C)noc1C. The lowest BCUT2D eigenvalue weighted by Crippen LogP contribution is -2.29. The van der Waals surface area contributed by atoms with E-state index in [-0.39, 0.29) is 5.91 Å². The number of hydrogen-bond acceptors (Lipinski definition) is 6. The molecular formula is C26H31N3O4. The number of amides is 1. The van der Waals surface area contributed by atoms with Crippen molar-refractivity contribution in [2.45, 2.75) is 46.3 Å². The van der Waals surface area contributed by atoms with Crippen molar-refractivity contribution < 1.29 is 18.8 Å². The van der Waals surface area contributed by atoms with Crippen molar-refractivity contribution in [3.05, 3.63) is 70.6 Å². The van der Waals surface area contributed by atoms with Gasteiger partial charge in [-0.05, 0) is 75.7 Å². The summed E-state index contributed by atoms with van der Waals surface area (Å²) < 4.78 is 16.6. The Hall–Kier alpha value is -3.32. The third-order valence-electron chi connectivity index (χ3n) is 6.02. The highest BCUT2D eigenvalue weighted by Crippen LogP contribution is 2.30. The fraction of sp³-hybridized carbons (Fsp3) is 0.385. The van der Waals surface area contributed by atoms with Gasteiger partial charge in [0.05, 0.1) is 18.4 Å². The summed E-state index contributed by atoms with van der Waals surface area (Å²) >= 11 is 0. The number of hydrogen-bond donors (Lipinski definition) is 1. The Kier molecular flexibility index (Phi) is 7.29. The molecule has 174 valence electrons. The second-order valence-electron chi connectivity index (χ2n) is 8.45. The number of carbonyl (C=O) groups is 1. The van der Waals surface area contributed by atoms with E-state index in [0.717, 1.165) is 42.3 Å². The normalized spacial score (nSPS) is 14.2. The average molecular weight is 450 g/mol. The van der Waals surface area contributed by atoms with Crippen molar-refractivity contribution in [2.24, 2.45) is 0 Å². The molecule has 1 aliphatic rings. The molecule has 7 nitrogen and oxygen atoms in total. The summed E-state index contributed by atoms with van der Waals surface area (Å²) in [5.74, 6) is 1.58. The highest BCUT2D eigenvalue weighted by molar-refractivity contribution is 6.04. The molecule has 1 aromatic heterocycles. The third-order valence-corrected chi connectivity index (χ3v) is 6.02. The van der Waals surface area contributed by atoms with Crippen LogP contribution in [0.1, 0.15) is 52.2 Å². The highest BCUT2D eigenvalue weighted by atomic mass is 16.5. The van der Waals surface area contributed by atoms with Crippen LogP contribution in [0.3, 0.4) is 0 Å². The van der Waals surface area contributed by atoms with E-state index in [9.17, 15) is 4.79 Å². The Labute approximate surface area is 194 Å². The van der Waals surface area contributed by atoms with Gasteiger partial charge in [0, 0.05) is 17.8 Å². The van der Waals surface area contributed by atoms with E-state index in [1.807, 2.05) is 32.0 Å². The summed E-state index contributed by atoms with van der Waals surface area (Å²) in [6.07, 6.45) is 3.84. The molecule has 0 bridgehead atoms. The summed E-state index contributed by atoms with van der Waals surface area (Å²) in [7, 11) is 1.56. The number of nitrogens with one attached hydrogen (secondary N) is 1. The van der Waals surface area contributed by atoms with Crippen LogP contribution >= 0.6 is 0 Å². The third kappa shape index (κ3) is 5.73. The van der Waals surface area contributed by atoms with Gasteiger partial charge >= 0.3 is 0 Å². The molecule has 4 rings (SSSR count). The van der Waals surface area contributed by atoms with Crippen LogP contribution in [0.2, 0.25) is 0 Å². The minimum atomic E-state index is -0.194. The molecule has 0 saturated carbocycles. The molecule has 0 atom stereocenters. The molecule has 3 aromatic rings. The van der Waals surface area contributed by atoms with Gasteiger partial charge in [-0.3, -0.25) is 9.69 Å². The second-order valence-corrected chi connectivity index (χ2v) is 8.45. The van der Waals surface area contributed by atoms with Crippen LogP contribution in [0.5, 0.6) is 11.5 Å². The zero-order chi connectivity index (χ0) is 23.2. The number of rotatable bonds is 8. The fourth-order valence-electron chi connectivity index (χ4n) is 4.11. The van der Waals surface area contributed by atoms with Crippen LogP contribution in [-0.4, -0.2) is 36.2 Å². The van der Waals surface area contributed by atoms with E-state index < -0.39 is 0 Å². The maximum atomic E-state index is 12.9. The number of piperidine rings is 1. The largest absolute Gasteiger partial charge is 0.493 e. The number of nitrogens with zero attached hydrogens (tertiary/aromatic N) is 2. The van der Waals surface area contributed by atoms with Crippen molar-refractivity contribution in [1.29, 1.82) is 0 Å². The standard InChI is InChI=1S/C26H31N3O4/c1-18-23(19(2)33-28-18)17-32-24-11-10-21(15-25(24)31-3)26(30)27-22-9-7-8-20(14-22)16-29-12-5-4-6-13-29/h7-11,14-15H,4-6,12-13,16-17H2,1-3H3,(H,27,30). The van der Waals surface area contributed by atoms with Gasteiger partial charge in [0.25, 0.3) is 5.91 Å². The van der Waals surface area contributed by atoms with E-state index >= 15 is 0 Å². The first-order valence-electron chi connectivity index (χ1n) is 11.4. The van der Waals surface area contributed by atoms with Crippen molar-refractivity contribution in [1.82, 2.24) is 10.1 Å². The van der Waals surface area contributed by atoms with Crippen molar-refractivity contribution >= 4 is 11.6 Å². The van der Waals surface area contributed by atoms with E-state index in [2.05, 4.69) is 21.4 Å². The molecule has 1 aliphatic heterocycles. The Balaban J connectivity index is 1.41. The molecule has 0 aliphatic carbocycles. The van der Waals surface area contributed by atoms with E-state index in [0.29, 0.717) is 23.7 Å². The Morgan fingerprint density at radius 1 is 1.09 bits per heavy atom. The summed E-state index contributed by atoms with van der Waals surface area (Å²) in [4.78, 5) is 15.4. The molecule has 1 amide bonds. The summed E-state index contributed by atoms with van der Waals surface area (Å²) in [6, 6.07) is 13.2. The number of ether oxygens (including phenoxy) is 2. The lowest BCUT2D eigenvalue weighted by atomic mass is 10.1. The van der Waals surface area contributed by atoms with Crippen molar-refractivity contribution in [3.8, 4) is 11.5 Å². The fourth-order valence-corrected chi connectivity index (χ4v) is 4.11. The van der Waals surface area contributed by atoms with Gasteiger partial charge in [0.15, 0.2) is 11.5 Å².